The van der Waals surface area contributed by atoms with E-state index in [4.69, 9.17) is 0 Å². The SMILES string of the molecule is C/N=C1/CC=CN1CS. The molecule has 0 bridgehead atoms. The molecule has 2 nitrogen and oxygen atoms in total. The molecule has 1 rings (SSSR count). The van der Waals surface area contributed by atoms with Gasteiger partial charge in [-0.15, -0.1) is 0 Å². The van der Waals surface area contributed by atoms with Gasteiger partial charge in [-0.3, -0.25) is 4.99 Å². The fourth-order valence-corrected chi connectivity index (χ4v) is 1.09. The summed E-state index contributed by atoms with van der Waals surface area (Å²) in [5, 5.41) is 0. The van der Waals surface area contributed by atoms with Crippen molar-refractivity contribution in [1.82, 2.24) is 4.90 Å². The van der Waals surface area contributed by atoms with E-state index < -0.39 is 0 Å². The van der Waals surface area contributed by atoms with E-state index in [9.17, 15) is 0 Å². The number of amidine groups is 1. The molecule has 0 unspecified atom stereocenters. The molecule has 0 N–H and O–H groups in total. The van der Waals surface area contributed by atoms with Gasteiger partial charge < -0.3 is 4.90 Å². The molecule has 0 aliphatic carbocycles. The summed E-state index contributed by atoms with van der Waals surface area (Å²) in [6, 6.07) is 0. The fraction of sp³-hybridized carbons (Fsp3) is 0.500. The Morgan fingerprint density at radius 3 is 3.11 bits per heavy atom. The molecule has 9 heavy (non-hydrogen) atoms. The van der Waals surface area contributed by atoms with E-state index in [1.54, 1.807) is 7.05 Å². The molecular weight excluding hydrogens is 132 g/mol. The number of hydrogen-bond donors (Lipinski definition) is 1. The van der Waals surface area contributed by atoms with Crippen LogP contribution in [0, 0.1) is 0 Å². The highest BCUT2D eigenvalue weighted by molar-refractivity contribution is 7.80. The van der Waals surface area contributed by atoms with Gasteiger partial charge in [-0.25, -0.2) is 0 Å². The normalized spacial score (nSPS) is 22.0. The van der Waals surface area contributed by atoms with Crippen molar-refractivity contribution < 1.29 is 0 Å². The quantitative estimate of drug-likeness (QED) is 0.542. The lowest BCUT2D eigenvalue weighted by molar-refractivity contribution is 0.673. The molecule has 3 heteroatoms. The van der Waals surface area contributed by atoms with Crippen molar-refractivity contribution >= 4 is 18.5 Å². The van der Waals surface area contributed by atoms with Crippen LogP contribution in [0.3, 0.4) is 0 Å². The summed E-state index contributed by atoms with van der Waals surface area (Å²) >= 11 is 4.12. The molecule has 0 radical (unpaired) electrons. The van der Waals surface area contributed by atoms with Crippen LogP contribution in [0.15, 0.2) is 17.3 Å². The molecule has 0 atom stereocenters. The molecule has 0 aromatic rings. The van der Waals surface area contributed by atoms with E-state index in [0.717, 1.165) is 18.1 Å². The largest absolute Gasteiger partial charge is 0.327 e. The third-order valence-corrected chi connectivity index (χ3v) is 1.63. The monoisotopic (exact) mass is 142 g/mol. The average molecular weight is 142 g/mol. The average Bonchev–Trinajstić information content (AvgIpc) is 2.33. The van der Waals surface area contributed by atoms with Gasteiger partial charge in [0.15, 0.2) is 0 Å². The third-order valence-electron chi connectivity index (χ3n) is 1.33. The van der Waals surface area contributed by atoms with E-state index in [1.807, 2.05) is 11.1 Å². The van der Waals surface area contributed by atoms with Gasteiger partial charge in [0.25, 0.3) is 0 Å². The standard InChI is InChI=1S/C6H10N2S/c1-7-6-3-2-4-8(6)5-9/h2,4,9H,3,5H2,1H3/b7-6-. The molecule has 0 aromatic carbocycles. The maximum absolute atomic E-state index is 4.12. The Bertz CT molecular complexity index is 151. The lowest BCUT2D eigenvalue weighted by atomic mass is 10.4. The molecule has 0 aromatic heterocycles. The first-order valence-corrected chi connectivity index (χ1v) is 3.51. The van der Waals surface area contributed by atoms with Crippen molar-refractivity contribution in [3.05, 3.63) is 12.3 Å². The van der Waals surface area contributed by atoms with Crippen molar-refractivity contribution in [3.8, 4) is 0 Å². The van der Waals surface area contributed by atoms with Crippen LogP contribution in [0.25, 0.3) is 0 Å². The summed E-state index contributed by atoms with van der Waals surface area (Å²) in [7, 11) is 1.80. The fourth-order valence-electron chi connectivity index (χ4n) is 0.837. The summed E-state index contributed by atoms with van der Waals surface area (Å²) in [6.07, 6.45) is 5.05. The summed E-state index contributed by atoms with van der Waals surface area (Å²) in [5.74, 6) is 1.83. The molecule has 0 fully saturated rings. The highest BCUT2D eigenvalue weighted by atomic mass is 32.1. The maximum atomic E-state index is 4.12. The zero-order chi connectivity index (χ0) is 6.69. The molecule has 0 spiro atoms. The zero-order valence-corrected chi connectivity index (χ0v) is 6.30. The van der Waals surface area contributed by atoms with Crippen molar-refractivity contribution in [2.45, 2.75) is 6.42 Å². The second-order valence-corrected chi connectivity index (χ2v) is 2.12. The van der Waals surface area contributed by atoms with Crippen LogP contribution in [0.4, 0.5) is 0 Å². The van der Waals surface area contributed by atoms with Crippen molar-refractivity contribution in [2.75, 3.05) is 12.9 Å². The lowest BCUT2D eigenvalue weighted by Gasteiger charge is -2.11. The first-order valence-electron chi connectivity index (χ1n) is 2.88. The molecule has 0 saturated heterocycles. The molecular formula is C6H10N2S. The maximum Gasteiger partial charge on any atom is 0.107 e. The Hall–Kier alpha value is -0.440. The van der Waals surface area contributed by atoms with Crippen molar-refractivity contribution in [1.29, 1.82) is 0 Å². The van der Waals surface area contributed by atoms with Crippen LogP contribution in [0.5, 0.6) is 0 Å². The first kappa shape index (κ1) is 6.68. The van der Waals surface area contributed by atoms with Gasteiger partial charge in [-0.05, 0) is 0 Å². The Morgan fingerprint density at radius 2 is 2.67 bits per heavy atom. The van der Waals surface area contributed by atoms with Crippen molar-refractivity contribution in [2.24, 2.45) is 4.99 Å². The van der Waals surface area contributed by atoms with Gasteiger partial charge in [0.1, 0.15) is 5.84 Å². The summed E-state index contributed by atoms with van der Waals surface area (Å²) in [6.45, 7) is 0. The summed E-state index contributed by atoms with van der Waals surface area (Å²) < 4.78 is 0. The third kappa shape index (κ3) is 1.27. The van der Waals surface area contributed by atoms with Gasteiger partial charge in [0.2, 0.25) is 0 Å². The van der Waals surface area contributed by atoms with Crippen LogP contribution in [0.1, 0.15) is 6.42 Å². The zero-order valence-electron chi connectivity index (χ0n) is 5.41. The minimum absolute atomic E-state index is 0.725. The van der Waals surface area contributed by atoms with Crippen LogP contribution < -0.4 is 0 Å². The second-order valence-electron chi connectivity index (χ2n) is 1.84. The number of nitrogens with zero attached hydrogens (tertiary/aromatic N) is 2. The predicted octanol–water partition coefficient (Wildman–Crippen LogP) is 1.12. The van der Waals surface area contributed by atoms with E-state index in [2.05, 4.69) is 23.7 Å². The van der Waals surface area contributed by atoms with Crippen LogP contribution in [-0.2, 0) is 0 Å². The Morgan fingerprint density at radius 1 is 1.89 bits per heavy atom. The number of hydrogen-bond acceptors (Lipinski definition) is 2. The number of rotatable bonds is 1. The molecule has 50 valence electrons. The van der Waals surface area contributed by atoms with Crippen LogP contribution >= 0.6 is 12.6 Å². The van der Waals surface area contributed by atoms with E-state index in [0.29, 0.717) is 0 Å². The van der Waals surface area contributed by atoms with E-state index in [-0.39, 0.29) is 0 Å². The van der Waals surface area contributed by atoms with Gasteiger partial charge in [0, 0.05) is 19.7 Å². The van der Waals surface area contributed by atoms with E-state index in [1.165, 1.54) is 0 Å². The summed E-state index contributed by atoms with van der Waals surface area (Å²) in [4.78, 5) is 6.09. The Balaban J connectivity index is 2.60. The smallest absolute Gasteiger partial charge is 0.107 e. The Kier molecular flexibility index (Phi) is 2.16. The predicted molar refractivity (Wildman–Crippen MR) is 42.8 cm³/mol. The summed E-state index contributed by atoms with van der Waals surface area (Å²) in [5.41, 5.74) is 0. The molecule has 0 saturated carbocycles. The lowest BCUT2D eigenvalue weighted by Crippen LogP contribution is -2.19. The van der Waals surface area contributed by atoms with Gasteiger partial charge in [-0.1, -0.05) is 6.08 Å². The first-order chi connectivity index (χ1) is 4.38. The number of thiol groups is 1. The molecule has 1 aliphatic rings. The molecule has 1 heterocycles. The van der Waals surface area contributed by atoms with Crippen molar-refractivity contribution in [3.63, 3.8) is 0 Å². The van der Waals surface area contributed by atoms with Crippen LogP contribution in [0.2, 0.25) is 0 Å². The van der Waals surface area contributed by atoms with Crippen LogP contribution in [-0.4, -0.2) is 23.7 Å². The van der Waals surface area contributed by atoms with Gasteiger partial charge in [0.05, 0.1) is 5.88 Å². The minimum atomic E-state index is 0.725. The molecule has 0 amide bonds. The van der Waals surface area contributed by atoms with E-state index >= 15 is 0 Å². The van der Waals surface area contributed by atoms with Gasteiger partial charge >= 0.3 is 0 Å². The minimum Gasteiger partial charge on any atom is -0.327 e. The molecule has 1 aliphatic heterocycles. The topological polar surface area (TPSA) is 15.6 Å². The second kappa shape index (κ2) is 2.92. The van der Waals surface area contributed by atoms with Gasteiger partial charge in [-0.2, -0.15) is 12.6 Å². The highest BCUT2D eigenvalue weighted by Gasteiger charge is 2.08. The Labute approximate surface area is 60.7 Å². The number of aliphatic imine (C=N–C) groups is 1. The highest BCUT2D eigenvalue weighted by Crippen LogP contribution is 2.07.